The minimum Gasteiger partial charge on any atom is -0.381 e. The van der Waals surface area contributed by atoms with Crippen LogP contribution in [0.1, 0.15) is 83.9 Å². The molecule has 56 heavy (non-hydrogen) atoms. The van der Waals surface area contributed by atoms with Crippen molar-refractivity contribution in [3.8, 4) is 11.1 Å². The second-order valence-corrected chi connectivity index (χ2v) is 15.4. The Morgan fingerprint density at radius 3 is 2.32 bits per heavy atom. The minimum atomic E-state index is -0.381. The molecule has 2 aromatic carbocycles. The van der Waals surface area contributed by atoms with Crippen LogP contribution in [0.25, 0.3) is 22.2 Å². The summed E-state index contributed by atoms with van der Waals surface area (Å²) in [6.07, 6.45) is 4.31. The number of aromatic nitrogens is 4. The minimum absolute atomic E-state index is 0.154. The highest BCUT2D eigenvalue weighted by molar-refractivity contribution is 6.33. The van der Waals surface area contributed by atoms with Crippen molar-refractivity contribution >= 4 is 40.1 Å². The first kappa shape index (κ1) is 39.4. The summed E-state index contributed by atoms with van der Waals surface area (Å²) < 4.78 is 7.49. The number of nitrogens with zero attached hydrogens (tertiary/aromatic N) is 5. The predicted octanol–water partition coefficient (Wildman–Crippen LogP) is 6.36. The van der Waals surface area contributed by atoms with Gasteiger partial charge in [-0.2, -0.15) is 5.10 Å². The molecule has 7 rings (SSSR count). The van der Waals surface area contributed by atoms with Gasteiger partial charge in [0, 0.05) is 92.5 Å². The number of fused-ring (bicyclic) bond motifs is 1. The lowest BCUT2D eigenvalue weighted by molar-refractivity contribution is 0.0904. The van der Waals surface area contributed by atoms with Crippen molar-refractivity contribution in [2.75, 3.05) is 31.6 Å². The highest BCUT2D eigenvalue weighted by Gasteiger charge is 2.24. The number of pyridine rings is 2. The van der Waals surface area contributed by atoms with Gasteiger partial charge < -0.3 is 26.0 Å². The smallest absolute Gasteiger partial charge is 0.270 e. The van der Waals surface area contributed by atoms with Crippen LogP contribution in [0.2, 0.25) is 5.02 Å². The fourth-order valence-electron chi connectivity index (χ4n) is 7.89. The Morgan fingerprint density at radius 2 is 1.61 bits per heavy atom. The zero-order chi connectivity index (χ0) is 39.2. The molecule has 2 aliphatic heterocycles. The molecule has 0 saturated carbocycles. The molecule has 2 amide bonds. The van der Waals surface area contributed by atoms with Gasteiger partial charge in [-0.3, -0.25) is 14.5 Å². The predicted molar refractivity (Wildman–Crippen MR) is 221 cm³/mol. The van der Waals surface area contributed by atoms with Gasteiger partial charge >= 0.3 is 0 Å². The molecular formula is C43H52ClN9O3. The maximum Gasteiger partial charge on any atom is 0.270 e. The van der Waals surface area contributed by atoms with Gasteiger partial charge in [-0.1, -0.05) is 48.9 Å². The van der Waals surface area contributed by atoms with E-state index in [2.05, 4.69) is 81.3 Å². The van der Waals surface area contributed by atoms with Gasteiger partial charge in [-0.05, 0) is 87.1 Å². The molecule has 2 fully saturated rings. The van der Waals surface area contributed by atoms with Crippen molar-refractivity contribution in [2.45, 2.75) is 91.3 Å². The van der Waals surface area contributed by atoms with Crippen molar-refractivity contribution < 1.29 is 14.3 Å². The molecule has 3 aromatic heterocycles. The van der Waals surface area contributed by atoms with Crippen molar-refractivity contribution in [3.05, 3.63) is 106 Å². The van der Waals surface area contributed by atoms with Crippen molar-refractivity contribution in [1.82, 2.24) is 40.6 Å². The van der Waals surface area contributed by atoms with Crippen LogP contribution in [-0.4, -0.2) is 80.9 Å². The van der Waals surface area contributed by atoms with Crippen LogP contribution in [0.4, 0.5) is 5.69 Å². The number of rotatable bonds is 13. The topological polar surface area (TPSA) is 138 Å². The summed E-state index contributed by atoms with van der Waals surface area (Å²) in [5, 5.41) is 19.5. The van der Waals surface area contributed by atoms with E-state index in [0.717, 1.165) is 77.1 Å². The Morgan fingerprint density at radius 1 is 0.893 bits per heavy atom. The Bertz CT molecular complexity index is 2170. The molecule has 12 nitrogen and oxygen atoms in total. The van der Waals surface area contributed by atoms with E-state index in [0.29, 0.717) is 43.3 Å². The van der Waals surface area contributed by atoms with Gasteiger partial charge in [-0.25, -0.2) is 14.6 Å². The van der Waals surface area contributed by atoms with Crippen molar-refractivity contribution in [2.24, 2.45) is 0 Å². The number of hydrogen-bond acceptors (Lipinski definition) is 9. The van der Waals surface area contributed by atoms with Crippen LogP contribution in [-0.2, 0) is 37.3 Å². The third-order valence-electron chi connectivity index (χ3n) is 10.6. The molecule has 5 aromatic rings. The highest BCUT2D eigenvalue weighted by Crippen LogP contribution is 2.32. The number of hydrogen-bond donors (Lipinski definition) is 4. The highest BCUT2D eigenvalue weighted by atomic mass is 35.5. The van der Waals surface area contributed by atoms with Gasteiger partial charge in [0.15, 0.2) is 5.65 Å². The number of anilines is 1. The first-order valence-electron chi connectivity index (χ1n) is 19.8. The molecule has 4 N–H and O–H groups in total. The molecule has 13 heteroatoms. The monoisotopic (exact) mass is 777 g/mol. The number of halogens is 1. The number of benzene rings is 2. The van der Waals surface area contributed by atoms with Crippen LogP contribution in [0.15, 0.2) is 66.9 Å². The van der Waals surface area contributed by atoms with Crippen molar-refractivity contribution in [3.63, 3.8) is 0 Å². The normalized spacial score (nSPS) is 17.9. The zero-order valence-electron chi connectivity index (χ0n) is 32.7. The van der Waals surface area contributed by atoms with Crippen LogP contribution < -0.4 is 21.3 Å². The maximum atomic E-state index is 13.6. The summed E-state index contributed by atoms with van der Waals surface area (Å²) in [5.41, 5.74) is 7.95. The number of aryl methyl sites for hydroxylation is 2. The molecular weight excluding hydrogens is 726 g/mol. The molecule has 0 bridgehead atoms. The Hall–Kier alpha value is -4.88. The SMILES string of the molecule is CCc1nc2c(cnn2CC)c(NC2CCOCC2)c1CNC(=O)c1cccc(C(=O)NCc2ccc(Cl)c(-c3cccc(CN4C[C@@H](C)N[C@@H](C)C4)c3)c2)n1. The number of carbonyl (C=O) groups is 2. The molecule has 0 spiro atoms. The van der Waals surface area contributed by atoms with E-state index < -0.39 is 0 Å². The number of piperazine rings is 1. The number of ether oxygens (including phenoxy) is 1. The van der Waals surface area contributed by atoms with E-state index in [4.69, 9.17) is 21.3 Å². The average molecular weight is 778 g/mol. The number of nitrogens with one attached hydrogen (secondary N) is 4. The molecule has 0 unspecified atom stereocenters. The largest absolute Gasteiger partial charge is 0.381 e. The van der Waals surface area contributed by atoms with Crippen LogP contribution in [0.5, 0.6) is 0 Å². The fraction of sp³-hybridized carbons (Fsp3) is 0.419. The Labute approximate surface area is 333 Å². The van der Waals surface area contributed by atoms with E-state index in [1.54, 1.807) is 18.2 Å². The summed E-state index contributed by atoms with van der Waals surface area (Å²) in [6, 6.07) is 20.3. The Kier molecular flexibility index (Phi) is 12.6. The summed E-state index contributed by atoms with van der Waals surface area (Å²) >= 11 is 6.72. The van der Waals surface area contributed by atoms with Gasteiger partial charge in [-0.15, -0.1) is 0 Å². The van der Waals surface area contributed by atoms with Crippen LogP contribution in [0, 0.1) is 0 Å². The first-order valence-corrected chi connectivity index (χ1v) is 20.2. The van der Waals surface area contributed by atoms with Gasteiger partial charge in [0.05, 0.1) is 17.3 Å². The third-order valence-corrected chi connectivity index (χ3v) is 10.9. The van der Waals surface area contributed by atoms with Gasteiger partial charge in [0.25, 0.3) is 11.8 Å². The molecule has 2 saturated heterocycles. The summed E-state index contributed by atoms with van der Waals surface area (Å²) in [6.45, 7) is 14.0. The lowest BCUT2D eigenvalue weighted by atomic mass is 10.00. The summed E-state index contributed by atoms with van der Waals surface area (Å²) in [7, 11) is 0. The molecule has 2 atom stereocenters. The number of carbonyl (C=O) groups excluding carboxylic acids is 2. The molecule has 294 valence electrons. The van der Waals surface area contributed by atoms with Crippen LogP contribution in [0.3, 0.4) is 0 Å². The lowest BCUT2D eigenvalue weighted by Crippen LogP contribution is -2.53. The maximum absolute atomic E-state index is 13.6. The second-order valence-electron chi connectivity index (χ2n) is 14.9. The van der Waals surface area contributed by atoms with Crippen LogP contribution >= 0.6 is 11.6 Å². The molecule has 0 radical (unpaired) electrons. The van der Waals surface area contributed by atoms with Crippen molar-refractivity contribution in [1.29, 1.82) is 0 Å². The summed E-state index contributed by atoms with van der Waals surface area (Å²) in [5.74, 6) is -0.759. The standard InChI is InChI=1S/C43H52ClN9O3/c1-5-37-34(40(49-32-15-17-56-18-16-32)35-23-47-53(6-2)41(35)51-37)22-46-43(55)39-12-8-11-38(50-39)42(54)45-21-29-13-14-36(44)33(20-29)31-10-7-9-30(19-31)26-52-24-27(3)48-28(4)25-52/h7-14,19-20,23,27-28,32,48H,5-6,15-18,21-22,24-26H2,1-4H3,(H,45,54)(H,46,55)(H,49,51)/t27-,28+. The van der Waals surface area contributed by atoms with E-state index in [9.17, 15) is 9.59 Å². The van der Waals surface area contributed by atoms with Gasteiger partial charge in [0.1, 0.15) is 11.4 Å². The fourth-order valence-corrected chi connectivity index (χ4v) is 8.12. The zero-order valence-corrected chi connectivity index (χ0v) is 33.5. The Balaban J connectivity index is 1.02. The third kappa shape index (κ3) is 9.21. The lowest BCUT2D eigenvalue weighted by Gasteiger charge is -2.36. The molecule has 5 heterocycles. The number of amides is 2. The molecule has 0 aliphatic carbocycles. The summed E-state index contributed by atoms with van der Waals surface area (Å²) in [4.78, 5) is 38.8. The first-order chi connectivity index (χ1) is 27.2. The quantitative estimate of drug-likeness (QED) is 0.108. The van der Waals surface area contributed by atoms with E-state index in [-0.39, 0.29) is 42.3 Å². The second kappa shape index (κ2) is 17.9. The molecule has 2 aliphatic rings. The average Bonchev–Trinajstić information content (AvgIpc) is 3.63. The van der Waals surface area contributed by atoms with E-state index >= 15 is 0 Å². The van der Waals surface area contributed by atoms with E-state index in [1.165, 1.54) is 5.56 Å². The van der Waals surface area contributed by atoms with E-state index in [1.807, 2.05) is 36.0 Å². The van der Waals surface area contributed by atoms with Gasteiger partial charge in [0.2, 0.25) is 0 Å².